The Morgan fingerprint density at radius 3 is 2.10 bits per heavy atom. The molecule has 1 aromatic heterocycles. The number of nitriles is 1. The molecule has 0 unspecified atom stereocenters. The Bertz CT molecular complexity index is 1180. The van der Waals surface area contributed by atoms with E-state index in [1.165, 1.54) is 63.1 Å². The molecule has 0 radical (unpaired) electrons. The summed E-state index contributed by atoms with van der Waals surface area (Å²) in [5.74, 6) is 1.44. The van der Waals surface area contributed by atoms with E-state index in [4.69, 9.17) is 12.2 Å². The lowest BCUT2D eigenvalue weighted by atomic mass is 9.97. The van der Waals surface area contributed by atoms with Crippen LogP contribution in [0.3, 0.4) is 0 Å². The summed E-state index contributed by atoms with van der Waals surface area (Å²) in [5, 5.41) is 9.93. The van der Waals surface area contributed by atoms with Crippen molar-refractivity contribution in [2.75, 3.05) is 24.5 Å². The van der Waals surface area contributed by atoms with Crippen molar-refractivity contribution in [3.63, 3.8) is 0 Å². The molecule has 41 heavy (non-hydrogen) atoms. The summed E-state index contributed by atoms with van der Waals surface area (Å²) in [4.78, 5) is 31.6. The van der Waals surface area contributed by atoms with E-state index in [9.17, 15) is 14.9 Å². The first-order valence-corrected chi connectivity index (χ1v) is 17.2. The summed E-state index contributed by atoms with van der Waals surface area (Å²) in [7, 11) is 0. The largest absolute Gasteiger partial charge is 0.357 e. The molecule has 226 valence electrons. The van der Waals surface area contributed by atoms with Crippen LogP contribution in [0.15, 0.2) is 9.70 Å². The average molecular weight is 599 g/mol. The molecule has 2 aliphatic rings. The van der Waals surface area contributed by atoms with Gasteiger partial charge in [-0.1, -0.05) is 109 Å². The molecule has 0 bridgehead atoms. The van der Waals surface area contributed by atoms with Crippen molar-refractivity contribution in [1.29, 1.82) is 5.26 Å². The van der Waals surface area contributed by atoms with E-state index in [-0.39, 0.29) is 17.0 Å². The molecule has 2 saturated heterocycles. The molecule has 1 aromatic rings. The minimum Gasteiger partial charge on any atom is -0.357 e. The van der Waals surface area contributed by atoms with Crippen molar-refractivity contribution >= 4 is 46.1 Å². The second kappa shape index (κ2) is 17.1. The van der Waals surface area contributed by atoms with E-state index in [0.29, 0.717) is 33.8 Å². The fourth-order valence-corrected chi connectivity index (χ4v) is 7.10. The van der Waals surface area contributed by atoms with Crippen LogP contribution in [0.25, 0.3) is 6.08 Å². The number of pyridine rings is 1. The Balaban J connectivity index is 1.77. The highest BCUT2D eigenvalue weighted by Gasteiger charge is 2.33. The number of unbranched alkanes of at least 4 members (excludes halogenated alkanes) is 10. The van der Waals surface area contributed by atoms with Crippen LogP contribution in [0.5, 0.6) is 0 Å². The standard InChI is InChI=1S/C33H50N4O2S2/c1-5-7-9-10-11-12-13-14-15-16-20-37-32(39)29(41-33(37)40)23-27-26(4)28(24-34)31(38)36(19-8-6-2)30(27)35-21-17-25(3)18-22-35/h23,25H,5-22H2,1-4H3/b29-23-. The van der Waals surface area contributed by atoms with E-state index in [1.807, 2.05) is 13.0 Å². The quantitative estimate of drug-likeness (QED) is 0.109. The number of rotatable bonds is 16. The van der Waals surface area contributed by atoms with Crippen molar-refractivity contribution in [2.45, 2.75) is 124 Å². The van der Waals surface area contributed by atoms with Gasteiger partial charge in [-0.15, -0.1) is 0 Å². The van der Waals surface area contributed by atoms with Crippen molar-refractivity contribution in [3.8, 4) is 6.07 Å². The molecular formula is C33H50N4O2S2. The number of amides is 1. The average Bonchev–Trinajstić information content (AvgIpc) is 3.23. The van der Waals surface area contributed by atoms with Crippen LogP contribution >= 0.6 is 24.0 Å². The zero-order valence-electron chi connectivity index (χ0n) is 25.8. The number of piperidine rings is 1. The van der Waals surface area contributed by atoms with Gasteiger partial charge in [-0.25, -0.2) is 0 Å². The van der Waals surface area contributed by atoms with Crippen LogP contribution in [-0.2, 0) is 11.3 Å². The molecule has 3 heterocycles. The number of hydrogen-bond acceptors (Lipinski definition) is 6. The maximum atomic E-state index is 13.5. The van der Waals surface area contributed by atoms with E-state index < -0.39 is 0 Å². The Labute approximate surface area is 257 Å². The van der Waals surface area contributed by atoms with Crippen LogP contribution in [0.2, 0.25) is 0 Å². The summed E-state index contributed by atoms with van der Waals surface area (Å²) in [6.07, 6.45) is 18.3. The maximum Gasteiger partial charge on any atom is 0.270 e. The van der Waals surface area contributed by atoms with Crippen molar-refractivity contribution < 1.29 is 4.79 Å². The van der Waals surface area contributed by atoms with Crippen molar-refractivity contribution in [1.82, 2.24) is 9.47 Å². The molecule has 6 nitrogen and oxygen atoms in total. The molecule has 1 amide bonds. The number of hydrogen-bond donors (Lipinski definition) is 0. The second-order valence-electron chi connectivity index (χ2n) is 11.8. The minimum atomic E-state index is -0.224. The fraction of sp³-hybridized carbons (Fsp3) is 0.697. The second-order valence-corrected chi connectivity index (χ2v) is 13.5. The number of carbonyl (C=O) groups excluding carboxylic acids is 1. The zero-order chi connectivity index (χ0) is 29.8. The number of carbonyl (C=O) groups is 1. The molecule has 0 aliphatic carbocycles. The highest BCUT2D eigenvalue weighted by atomic mass is 32.2. The van der Waals surface area contributed by atoms with Crippen LogP contribution in [0, 0.1) is 24.2 Å². The lowest BCUT2D eigenvalue weighted by Gasteiger charge is -2.35. The Kier molecular flexibility index (Phi) is 13.9. The van der Waals surface area contributed by atoms with Crippen LogP contribution in [0.4, 0.5) is 5.82 Å². The zero-order valence-corrected chi connectivity index (χ0v) is 27.4. The van der Waals surface area contributed by atoms with Crippen LogP contribution in [0.1, 0.15) is 127 Å². The third kappa shape index (κ3) is 8.94. The number of thiocarbonyl (C=S) groups is 1. The molecule has 2 aliphatic heterocycles. The first-order valence-electron chi connectivity index (χ1n) is 16.0. The molecule has 0 atom stereocenters. The number of thioether (sulfide) groups is 1. The summed E-state index contributed by atoms with van der Waals surface area (Å²) >= 11 is 6.99. The van der Waals surface area contributed by atoms with E-state index >= 15 is 0 Å². The van der Waals surface area contributed by atoms with Crippen LogP contribution < -0.4 is 10.5 Å². The number of nitrogens with zero attached hydrogens (tertiary/aromatic N) is 4. The smallest absolute Gasteiger partial charge is 0.270 e. The summed E-state index contributed by atoms with van der Waals surface area (Å²) in [6.45, 7) is 11.4. The molecule has 2 fully saturated rings. The Morgan fingerprint density at radius 1 is 0.927 bits per heavy atom. The molecule has 0 saturated carbocycles. The molecule has 0 N–H and O–H groups in total. The van der Waals surface area contributed by atoms with E-state index in [2.05, 4.69) is 31.7 Å². The van der Waals surface area contributed by atoms with Crippen LogP contribution in [-0.4, -0.2) is 39.3 Å². The molecule has 0 spiro atoms. The van der Waals surface area contributed by atoms with Gasteiger partial charge >= 0.3 is 0 Å². The highest BCUT2D eigenvalue weighted by Crippen LogP contribution is 2.37. The first kappa shape index (κ1) is 33.4. The van der Waals surface area contributed by atoms with Gasteiger partial charge in [0.1, 0.15) is 21.8 Å². The molecule has 0 aromatic carbocycles. The lowest BCUT2D eigenvalue weighted by molar-refractivity contribution is -0.122. The lowest BCUT2D eigenvalue weighted by Crippen LogP contribution is -2.39. The summed E-state index contributed by atoms with van der Waals surface area (Å²) in [6, 6.07) is 2.16. The number of aromatic nitrogens is 1. The fourth-order valence-electron chi connectivity index (χ4n) is 5.81. The molecule has 8 heteroatoms. The van der Waals surface area contributed by atoms with Gasteiger partial charge in [-0.3, -0.25) is 19.1 Å². The van der Waals surface area contributed by atoms with Gasteiger partial charge in [-0.2, -0.15) is 5.26 Å². The Hall–Kier alpha value is -2.11. The minimum absolute atomic E-state index is 0.0571. The van der Waals surface area contributed by atoms with Crippen molar-refractivity contribution in [3.05, 3.63) is 31.9 Å². The predicted octanol–water partition coefficient (Wildman–Crippen LogP) is 8.19. The highest BCUT2D eigenvalue weighted by molar-refractivity contribution is 8.26. The van der Waals surface area contributed by atoms with Crippen molar-refractivity contribution in [2.24, 2.45) is 5.92 Å². The molecular weight excluding hydrogens is 549 g/mol. The van der Waals surface area contributed by atoms with Gasteiger partial charge in [0.05, 0.1) is 4.91 Å². The SMILES string of the molecule is CCCCCCCCCCCCN1C(=O)/C(=C/c2c(C)c(C#N)c(=O)n(CCCC)c2N2CCC(C)CC2)SC1=S. The third-order valence-corrected chi connectivity index (χ3v) is 9.93. The van der Waals surface area contributed by atoms with Gasteiger partial charge in [0, 0.05) is 31.7 Å². The predicted molar refractivity (Wildman–Crippen MR) is 177 cm³/mol. The Morgan fingerprint density at radius 2 is 1.51 bits per heavy atom. The van der Waals surface area contributed by atoms with Gasteiger partial charge < -0.3 is 4.90 Å². The molecule has 3 rings (SSSR count). The summed E-state index contributed by atoms with van der Waals surface area (Å²) in [5.41, 5.74) is 1.41. The summed E-state index contributed by atoms with van der Waals surface area (Å²) < 4.78 is 2.39. The topological polar surface area (TPSA) is 69.3 Å². The van der Waals surface area contributed by atoms with E-state index in [1.54, 1.807) is 9.47 Å². The normalized spacial score (nSPS) is 17.2. The van der Waals surface area contributed by atoms with Gasteiger partial charge in [0.25, 0.3) is 11.5 Å². The monoisotopic (exact) mass is 598 g/mol. The number of anilines is 1. The van der Waals surface area contributed by atoms with Gasteiger partial charge in [0.2, 0.25) is 0 Å². The maximum absolute atomic E-state index is 13.5. The van der Waals surface area contributed by atoms with E-state index in [0.717, 1.165) is 63.0 Å². The van der Waals surface area contributed by atoms with Gasteiger partial charge in [0.15, 0.2) is 0 Å². The third-order valence-electron chi connectivity index (χ3n) is 8.55. The van der Waals surface area contributed by atoms with Gasteiger partial charge in [-0.05, 0) is 50.2 Å². The first-order chi connectivity index (χ1) is 19.8.